The summed E-state index contributed by atoms with van der Waals surface area (Å²) in [4.78, 5) is 29.9. The number of rotatable bonds is 6. The zero-order valence-corrected chi connectivity index (χ0v) is 18.5. The van der Waals surface area contributed by atoms with Gasteiger partial charge in [-0.05, 0) is 43.2 Å². The predicted molar refractivity (Wildman–Crippen MR) is 120 cm³/mol. The Labute approximate surface area is 179 Å². The highest BCUT2D eigenvalue weighted by atomic mass is 16.2. The molecule has 1 atom stereocenters. The number of anilines is 1. The van der Waals surface area contributed by atoms with Crippen LogP contribution in [0.15, 0.2) is 42.5 Å². The first-order valence-electron chi connectivity index (χ1n) is 10.6. The van der Waals surface area contributed by atoms with Gasteiger partial charge in [-0.3, -0.25) is 9.59 Å². The van der Waals surface area contributed by atoms with E-state index in [2.05, 4.69) is 42.3 Å². The van der Waals surface area contributed by atoms with Crippen LogP contribution in [0, 0.1) is 13.8 Å². The number of carbonyl (C=O) groups excluding carboxylic acids is 2. The second-order valence-corrected chi connectivity index (χ2v) is 8.17. The molecule has 1 heterocycles. The van der Waals surface area contributed by atoms with Crippen molar-refractivity contribution >= 4 is 17.5 Å². The number of nitrogens with zero attached hydrogens (tertiary/aromatic N) is 2. The molecule has 2 N–H and O–H groups in total. The topological polar surface area (TPSA) is 57.1 Å². The second kappa shape index (κ2) is 9.76. The van der Waals surface area contributed by atoms with Gasteiger partial charge >= 0.3 is 0 Å². The highest BCUT2D eigenvalue weighted by molar-refractivity contribution is 5.93. The normalized spacial score (nSPS) is 15.1. The summed E-state index contributed by atoms with van der Waals surface area (Å²) in [7, 11) is 3.67. The van der Waals surface area contributed by atoms with Gasteiger partial charge in [0.15, 0.2) is 6.54 Å². The van der Waals surface area contributed by atoms with Crippen LogP contribution in [0.2, 0.25) is 0 Å². The molecule has 2 amide bonds. The van der Waals surface area contributed by atoms with Gasteiger partial charge in [0.1, 0.15) is 6.54 Å². The summed E-state index contributed by atoms with van der Waals surface area (Å²) in [5.41, 5.74) is 5.68. The molecular weight excluding hydrogens is 376 g/mol. The van der Waals surface area contributed by atoms with E-state index in [1.807, 2.05) is 36.2 Å². The van der Waals surface area contributed by atoms with Gasteiger partial charge in [-0.25, -0.2) is 0 Å². The Morgan fingerprint density at radius 2 is 1.67 bits per heavy atom. The molecule has 3 rings (SSSR count). The summed E-state index contributed by atoms with van der Waals surface area (Å²) in [6.45, 7) is 8.81. The first-order chi connectivity index (χ1) is 14.4. The number of benzene rings is 2. The maximum Gasteiger partial charge on any atom is 0.277 e. The zero-order chi connectivity index (χ0) is 21.7. The number of quaternary nitrogens is 1. The van der Waals surface area contributed by atoms with Gasteiger partial charge in [0.2, 0.25) is 0 Å². The van der Waals surface area contributed by atoms with Crippen molar-refractivity contribution in [1.82, 2.24) is 10.2 Å². The Balaban J connectivity index is 1.49. The molecule has 1 aliphatic heterocycles. The smallest absolute Gasteiger partial charge is 0.277 e. The number of aryl methyl sites for hydroxylation is 1. The molecule has 1 unspecified atom stereocenters. The molecule has 2 aromatic rings. The van der Waals surface area contributed by atoms with Crippen molar-refractivity contribution in [1.29, 1.82) is 0 Å². The van der Waals surface area contributed by atoms with Gasteiger partial charge in [0.25, 0.3) is 11.8 Å². The Bertz CT molecular complexity index is 887. The van der Waals surface area contributed by atoms with Crippen molar-refractivity contribution < 1.29 is 14.5 Å². The lowest BCUT2D eigenvalue weighted by Crippen LogP contribution is -3.09. The van der Waals surface area contributed by atoms with E-state index in [-0.39, 0.29) is 11.8 Å². The Hall–Kier alpha value is -2.86. The van der Waals surface area contributed by atoms with Crippen molar-refractivity contribution in [3.63, 3.8) is 0 Å². The van der Waals surface area contributed by atoms with Crippen molar-refractivity contribution in [2.45, 2.75) is 20.4 Å². The van der Waals surface area contributed by atoms with Crippen LogP contribution in [-0.4, -0.2) is 63.5 Å². The van der Waals surface area contributed by atoms with Crippen molar-refractivity contribution in [2.75, 3.05) is 51.7 Å². The Morgan fingerprint density at radius 3 is 2.30 bits per heavy atom. The molecule has 0 radical (unpaired) electrons. The summed E-state index contributed by atoms with van der Waals surface area (Å²) in [5.74, 6) is 0.118. The van der Waals surface area contributed by atoms with E-state index >= 15 is 0 Å². The van der Waals surface area contributed by atoms with Gasteiger partial charge < -0.3 is 20.0 Å². The van der Waals surface area contributed by atoms with E-state index in [9.17, 15) is 9.59 Å². The molecule has 2 aromatic carbocycles. The van der Waals surface area contributed by atoms with E-state index in [4.69, 9.17) is 0 Å². The monoisotopic (exact) mass is 409 g/mol. The van der Waals surface area contributed by atoms with E-state index in [1.165, 1.54) is 16.8 Å². The molecule has 30 heavy (non-hydrogen) atoms. The minimum Gasteiger partial charge on any atom is -0.368 e. The third kappa shape index (κ3) is 5.19. The molecule has 160 valence electrons. The molecule has 6 nitrogen and oxygen atoms in total. The molecule has 1 fully saturated rings. The molecule has 0 spiro atoms. The van der Waals surface area contributed by atoms with Crippen molar-refractivity contribution in [3.8, 4) is 0 Å². The van der Waals surface area contributed by atoms with Crippen LogP contribution in [0.3, 0.4) is 0 Å². The number of carbonyl (C=O) groups is 2. The fourth-order valence-corrected chi connectivity index (χ4v) is 3.97. The summed E-state index contributed by atoms with van der Waals surface area (Å²) in [6.07, 6.45) is 0. The lowest BCUT2D eigenvalue weighted by Gasteiger charge is -2.37. The van der Waals surface area contributed by atoms with E-state index in [0.29, 0.717) is 12.1 Å². The van der Waals surface area contributed by atoms with Gasteiger partial charge in [0.05, 0.1) is 7.05 Å². The summed E-state index contributed by atoms with van der Waals surface area (Å²) >= 11 is 0. The van der Waals surface area contributed by atoms with Crippen LogP contribution in [-0.2, 0) is 11.3 Å². The minimum atomic E-state index is -0.0857. The number of hydrogen-bond donors (Lipinski definition) is 2. The average Bonchev–Trinajstić information content (AvgIpc) is 2.75. The van der Waals surface area contributed by atoms with Crippen LogP contribution in [0.5, 0.6) is 0 Å². The second-order valence-electron chi connectivity index (χ2n) is 8.17. The molecule has 1 saturated heterocycles. The standard InChI is InChI=1S/C24H32N4O2/c1-18-6-5-7-22(19(18)2)27-12-14-28(15-13-27)23(29)17-26(4)16-20-8-10-21(11-9-20)24(30)25-3/h5-11H,12-17H2,1-4H3,(H,25,30)/p+1. The van der Waals surface area contributed by atoms with Crippen LogP contribution in [0.4, 0.5) is 5.69 Å². The number of piperazine rings is 1. The third-order valence-corrected chi connectivity index (χ3v) is 5.95. The molecule has 1 aliphatic rings. The van der Waals surface area contributed by atoms with Crippen LogP contribution in [0.1, 0.15) is 27.0 Å². The van der Waals surface area contributed by atoms with Gasteiger partial charge in [-0.15, -0.1) is 0 Å². The number of hydrogen-bond acceptors (Lipinski definition) is 3. The molecular formula is C24H33N4O2+. The van der Waals surface area contributed by atoms with E-state index in [0.717, 1.165) is 43.2 Å². The molecule has 6 heteroatoms. The van der Waals surface area contributed by atoms with Crippen LogP contribution >= 0.6 is 0 Å². The van der Waals surface area contributed by atoms with Gasteiger partial charge in [0, 0.05) is 50.0 Å². The number of amides is 2. The fraction of sp³-hybridized carbons (Fsp3) is 0.417. The zero-order valence-electron chi connectivity index (χ0n) is 18.5. The van der Waals surface area contributed by atoms with Gasteiger partial charge in [-0.2, -0.15) is 0 Å². The quantitative estimate of drug-likeness (QED) is 0.749. The fourth-order valence-electron chi connectivity index (χ4n) is 3.97. The van der Waals surface area contributed by atoms with Gasteiger partial charge in [-0.1, -0.05) is 24.3 Å². The van der Waals surface area contributed by atoms with Crippen molar-refractivity contribution in [3.05, 3.63) is 64.7 Å². The number of likely N-dealkylation sites (N-methyl/N-ethyl adjacent to an activating group) is 1. The molecule has 0 aliphatic carbocycles. The molecule has 0 saturated carbocycles. The SMILES string of the molecule is CNC(=O)c1ccc(C[NH+](C)CC(=O)N2CCN(c3cccc(C)c3C)CC2)cc1. The highest BCUT2D eigenvalue weighted by Gasteiger charge is 2.24. The van der Waals surface area contributed by atoms with Crippen LogP contribution < -0.4 is 15.1 Å². The van der Waals surface area contributed by atoms with E-state index < -0.39 is 0 Å². The Morgan fingerprint density at radius 1 is 1.00 bits per heavy atom. The summed E-state index contributed by atoms with van der Waals surface area (Å²) in [5, 5.41) is 2.63. The van der Waals surface area contributed by atoms with E-state index in [1.54, 1.807) is 7.05 Å². The maximum atomic E-state index is 12.8. The average molecular weight is 410 g/mol. The Kier molecular flexibility index (Phi) is 7.11. The first-order valence-corrected chi connectivity index (χ1v) is 10.6. The third-order valence-electron chi connectivity index (χ3n) is 5.95. The minimum absolute atomic E-state index is 0.0857. The summed E-state index contributed by atoms with van der Waals surface area (Å²) in [6, 6.07) is 14.0. The largest absolute Gasteiger partial charge is 0.368 e. The molecule has 0 bridgehead atoms. The van der Waals surface area contributed by atoms with Crippen LogP contribution in [0.25, 0.3) is 0 Å². The highest BCUT2D eigenvalue weighted by Crippen LogP contribution is 2.23. The molecule has 0 aromatic heterocycles. The lowest BCUT2D eigenvalue weighted by molar-refractivity contribution is -0.885. The maximum absolute atomic E-state index is 12.8. The summed E-state index contributed by atoms with van der Waals surface area (Å²) < 4.78 is 0. The first kappa shape index (κ1) is 21.8. The predicted octanol–water partition coefficient (Wildman–Crippen LogP) is 1.03. The van der Waals surface area contributed by atoms with Crippen molar-refractivity contribution in [2.24, 2.45) is 0 Å². The number of nitrogens with one attached hydrogen (secondary N) is 2. The lowest BCUT2D eigenvalue weighted by atomic mass is 10.1.